The van der Waals surface area contributed by atoms with E-state index in [0.29, 0.717) is 17.2 Å². The van der Waals surface area contributed by atoms with E-state index in [1.165, 1.54) is 0 Å². The van der Waals surface area contributed by atoms with E-state index in [4.69, 9.17) is 0 Å². The van der Waals surface area contributed by atoms with E-state index in [1.807, 2.05) is 24.3 Å². The van der Waals surface area contributed by atoms with E-state index in [0.717, 1.165) is 10.9 Å². The van der Waals surface area contributed by atoms with E-state index in [-0.39, 0.29) is 28.1 Å². The van der Waals surface area contributed by atoms with Crippen LogP contribution in [0, 0.1) is 0 Å². The molecule has 0 spiro atoms. The second kappa shape index (κ2) is 6.17. The number of aromatic hydroxyl groups is 1. The smallest absolute Gasteiger partial charge is 0.196 e. The number of fused-ring (bicyclic) bond motifs is 1. The Morgan fingerprint density at radius 1 is 1.00 bits per heavy atom. The molecule has 0 saturated heterocycles. The van der Waals surface area contributed by atoms with Crippen molar-refractivity contribution in [3.05, 3.63) is 76.9 Å². The molecule has 0 bridgehead atoms. The largest absolute Gasteiger partial charge is 0.506 e. The van der Waals surface area contributed by atoms with Crippen LogP contribution in [-0.4, -0.2) is 17.2 Å². The molecule has 0 fully saturated rings. The molecule has 0 unspecified atom stereocenters. The maximum atomic E-state index is 12.9. The standard InChI is InChI=1S/C22H20O3/c1-22(2,3)16-10-8-14(9-11-16)20(24)18-12-15-6-4-5-7-17(15)19(13-23)21(18)25/h4-13,25H,1-3H3. The second-order valence-electron chi connectivity index (χ2n) is 7.18. The van der Waals surface area contributed by atoms with Gasteiger partial charge in [0.05, 0.1) is 11.1 Å². The highest BCUT2D eigenvalue weighted by atomic mass is 16.3. The van der Waals surface area contributed by atoms with Crippen molar-refractivity contribution in [2.75, 3.05) is 0 Å². The van der Waals surface area contributed by atoms with Gasteiger partial charge >= 0.3 is 0 Å². The first-order valence-corrected chi connectivity index (χ1v) is 8.18. The molecule has 3 aromatic carbocycles. The fourth-order valence-corrected chi connectivity index (χ4v) is 2.93. The van der Waals surface area contributed by atoms with Gasteiger partial charge in [-0.3, -0.25) is 9.59 Å². The second-order valence-corrected chi connectivity index (χ2v) is 7.18. The zero-order valence-electron chi connectivity index (χ0n) is 14.5. The van der Waals surface area contributed by atoms with Crippen LogP contribution in [0.5, 0.6) is 5.75 Å². The molecule has 25 heavy (non-hydrogen) atoms. The van der Waals surface area contributed by atoms with Crippen LogP contribution in [0.3, 0.4) is 0 Å². The summed E-state index contributed by atoms with van der Waals surface area (Å²) in [7, 11) is 0. The van der Waals surface area contributed by atoms with Gasteiger partial charge in [-0.25, -0.2) is 0 Å². The molecule has 3 rings (SSSR count). The van der Waals surface area contributed by atoms with Gasteiger partial charge in [0, 0.05) is 5.56 Å². The van der Waals surface area contributed by atoms with Gasteiger partial charge in [-0.1, -0.05) is 69.3 Å². The summed E-state index contributed by atoms with van der Waals surface area (Å²) in [6, 6.07) is 16.2. The summed E-state index contributed by atoms with van der Waals surface area (Å²) < 4.78 is 0. The Labute approximate surface area is 146 Å². The first-order valence-electron chi connectivity index (χ1n) is 8.18. The molecular formula is C22H20O3. The third-order valence-electron chi connectivity index (χ3n) is 4.44. The monoisotopic (exact) mass is 332 g/mol. The molecule has 0 aliphatic carbocycles. The van der Waals surface area contributed by atoms with Gasteiger partial charge in [0.15, 0.2) is 12.1 Å². The lowest BCUT2D eigenvalue weighted by molar-refractivity contribution is 0.103. The number of phenols is 1. The normalized spacial score (nSPS) is 11.5. The van der Waals surface area contributed by atoms with Crippen molar-refractivity contribution in [3.8, 4) is 5.75 Å². The van der Waals surface area contributed by atoms with Crippen molar-refractivity contribution in [1.82, 2.24) is 0 Å². The summed E-state index contributed by atoms with van der Waals surface area (Å²) in [6.45, 7) is 6.32. The van der Waals surface area contributed by atoms with Gasteiger partial charge in [0.1, 0.15) is 5.75 Å². The van der Waals surface area contributed by atoms with Crippen LogP contribution in [0.4, 0.5) is 0 Å². The van der Waals surface area contributed by atoms with Crippen molar-refractivity contribution in [3.63, 3.8) is 0 Å². The summed E-state index contributed by atoms with van der Waals surface area (Å²) in [6.07, 6.45) is 0.594. The van der Waals surface area contributed by atoms with Gasteiger partial charge in [-0.15, -0.1) is 0 Å². The minimum Gasteiger partial charge on any atom is -0.506 e. The highest BCUT2D eigenvalue weighted by Crippen LogP contribution is 2.32. The van der Waals surface area contributed by atoms with Crippen LogP contribution in [0.1, 0.15) is 52.6 Å². The lowest BCUT2D eigenvalue weighted by Crippen LogP contribution is -2.11. The number of rotatable bonds is 3. The summed E-state index contributed by atoms with van der Waals surface area (Å²) >= 11 is 0. The van der Waals surface area contributed by atoms with Gasteiger partial charge in [0.25, 0.3) is 0 Å². The minimum atomic E-state index is -0.299. The first-order chi connectivity index (χ1) is 11.8. The van der Waals surface area contributed by atoms with Crippen molar-refractivity contribution in [2.45, 2.75) is 26.2 Å². The predicted molar refractivity (Wildman–Crippen MR) is 99.6 cm³/mol. The van der Waals surface area contributed by atoms with Gasteiger partial charge in [0.2, 0.25) is 0 Å². The Morgan fingerprint density at radius 2 is 1.64 bits per heavy atom. The van der Waals surface area contributed by atoms with Crippen LogP contribution >= 0.6 is 0 Å². The van der Waals surface area contributed by atoms with E-state index >= 15 is 0 Å². The molecule has 126 valence electrons. The van der Waals surface area contributed by atoms with Crippen molar-refractivity contribution in [2.24, 2.45) is 0 Å². The Bertz CT molecular complexity index is 961. The van der Waals surface area contributed by atoms with Gasteiger partial charge < -0.3 is 5.11 Å². The van der Waals surface area contributed by atoms with E-state index in [9.17, 15) is 14.7 Å². The number of aldehydes is 1. The molecule has 0 radical (unpaired) electrons. The zero-order chi connectivity index (χ0) is 18.2. The average Bonchev–Trinajstić information content (AvgIpc) is 2.60. The lowest BCUT2D eigenvalue weighted by Gasteiger charge is -2.19. The summed E-state index contributed by atoms with van der Waals surface area (Å²) in [5, 5.41) is 11.8. The third-order valence-corrected chi connectivity index (χ3v) is 4.44. The van der Waals surface area contributed by atoms with Crippen LogP contribution in [-0.2, 0) is 5.41 Å². The van der Waals surface area contributed by atoms with Crippen LogP contribution in [0.2, 0.25) is 0 Å². The maximum absolute atomic E-state index is 12.9. The fraction of sp³-hybridized carbons (Fsp3) is 0.182. The first kappa shape index (κ1) is 16.9. The molecular weight excluding hydrogens is 312 g/mol. The topological polar surface area (TPSA) is 54.4 Å². The SMILES string of the molecule is CC(C)(C)c1ccc(C(=O)c2cc3ccccc3c(C=O)c2O)cc1. The van der Waals surface area contributed by atoms with Crippen LogP contribution in [0.25, 0.3) is 10.8 Å². The maximum Gasteiger partial charge on any atom is 0.196 e. The number of benzene rings is 3. The number of phenolic OH excluding ortho intramolecular Hbond substituents is 1. The van der Waals surface area contributed by atoms with Crippen molar-refractivity contribution < 1.29 is 14.7 Å². The lowest BCUT2D eigenvalue weighted by atomic mass is 9.86. The molecule has 3 nitrogen and oxygen atoms in total. The number of carbonyl (C=O) groups is 2. The Kier molecular flexibility index (Phi) is 4.17. The quantitative estimate of drug-likeness (QED) is 0.549. The van der Waals surface area contributed by atoms with Crippen LogP contribution < -0.4 is 0 Å². The molecule has 0 heterocycles. The Morgan fingerprint density at radius 3 is 2.24 bits per heavy atom. The number of hydrogen-bond acceptors (Lipinski definition) is 3. The van der Waals surface area contributed by atoms with Gasteiger partial charge in [-0.2, -0.15) is 0 Å². The summed E-state index contributed by atoms with van der Waals surface area (Å²) in [4.78, 5) is 24.3. The molecule has 0 saturated carbocycles. The molecule has 0 aromatic heterocycles. The van der Waals surface area contributed by atoms with Crippen molar-refractivity contribution in [1.29, 1.82) is 0 Å². The predicted octanol–water partition coefficient (Wildman–Crippen LogP) is 4.89. The van der Waals surface area contributed by atoms with Crippen molar-refractivity contribution >= 4 is 22.8 Å². The fourth-order valence-electron chi connectivity index (χ4n) is 2.93. The van der Waals surface area contributed by atoms with E-state index < -0.39 is 0 Å². The number of carbonyl (C=O) groups excluding carboxylic acids is 2. The van der Waals surface area contributed by atoms with Crippen LogP contribution in [0.15, 0.2) is 54.6 Å². The zero-order valence-corrected chi connectivity index (χ0v) is 14.5. The molecule has 0 aliphatic heterocycles. The molecule has 1 N–H and O–H groups in total. The highest BCUT2D eigenvalue weighted by molar-refractivity contribution is 6.15. The third kappa shape index (κ3) is 3.05. The Balaban J connectivity index is 2.11. The molecule has 0 amide bonds. The number of hydrogen-bond donors (Lipinski definition) is 1. The summed E-state index contributed by atoms with van der Waals surface area (Å²) in [5.74, 6) is -0.564. The number of ketones is 1. The van der Waals surface area contributed by atoms with E-state index in [2.05, 4.69) is 20.8 Å². The molecule has 0 atom stereocenters. The minimum absolute atomic E-state index is 0.00263. The van der Waals surface area contributed by atoms with Gasteiger partial charge in [-0.05, 0) is 27.8 Å². The molecule has 0 aliphatic rings. The highest BCUT2D eigenvalue weighted by Gasteiger charge is 2.20. The average molecular weight is 332 g/mol. The van der Waals surface area contributed by atoms with E-state index in [1.54, 1.807) is 30.3 Å². The molecule has 3 heteroatoms. The summed E-state index contributed by atoms with van der Waals surface area (Å²) in [5.41, 5.74) is 1.89. The Hall–Kier alpha value is -2.94. The molecule has 3 aromatic rings.